The average molecular weight is 275 g/mol. The van der Waals surface area contributed by atoms with Crippen LogP contribution in [-0.4, -0.2) is 6.29 Å². The minimum Gasteiger partial charge on any atom is -0.301 e. The second kappa shape index (κ2) is 4.62. The van der Waals surface area contributed by atoms with Gasteiger partial charge in [0.1, 0.15) is 10.6 Å². The molecular formula is C14H11BrO. The second-order valence-corrected chi connectivity index (χ2v) is 4.81. The molecule has 0 heterocycles. The number of carbonyl (C=O) groups excluding carboxylic acids is 1. The molecule has 0 radical (unpaired) electrons. The van der Waals surface area contributed by atoms with Crippen molar-refractivity contribution in [2.45, 2.75) is 4.32 Å². The van der Waals surface area contributed by atoms with Crippen LogP contribution in [0.15, 0.2) is 60.7 Å². The molecule has 0 aliphatic carbocycles. The fraction of sp³-hybridized carbons (Fsp3) is 0.0714. The smallest absolute Gasteiger partial charge is 0.145 e. The summed E-state index contributed by atoms with van der Waals surface area (Å²) in [7, 11) is 0. The molecule has 80 valence electrons. The highest BCUT2D eigenvalue weighted by molar-refractivity contribution is 9.10. The van der Waals surface area contributed by atoms with Crippen LogP contribution in [0.5, 0.6) is 0 Å². The second-order valence-electron chi connectivity index (χ2n) is 3.56. The standard InChI is InChI=1S/C14H11BrO/c15-14(11-16,12-7-3-1-4-8-12)13-9-5-2-6-10-13/h1-11H. The predicted molar refractivity (Wildman–Crippen MR) is 68.7 cm³/mol. The SMILES string of the molecule is O=CC(Br)(c1ccccc1)c1ccccc1. The van der Waals surface area contributed by atoms with Gasteiger partial charge in [0.25, 0.3) is 0 Å². The molecule has 0 N–H and O–H groups in total. The topological polar surface area (TPSA) is 17.1 Å². The van der Waals surface area contributed by atoms with Crippen molar-refractivity contribution in [1.29, 1.82) is 0 Å². The van der Waals surface area contributed by atoms with Crippen LogP contribution in [0, 0.1) is 0 Å². The molecule has 2 aromatic carbocycles. The van der Waals surface area contributed by atoms with E-state index in [9.17, 15) is 4.79 Å². The van der Waals surface area contributed by atoms with E-state index in [4.69, 9.17) is 0 Å². The van der Waals surface area contributed by atoms with E-state index in [2.05, 4.69) is 15.9 Å². The zero-order valence-electron chi connectivity index (χ0n) is 8.64. The van der Waals surface area contributed by atoms with Crippen LogP contribution < -0.4 is 0 Å². The highest BCUT2D eigenvalue weighted by atomic mass is 79.9. The van der Waals surface area contributed by atoms with Gasteiger partial charge in [-0.25, -0.2) is 0 Å². The van der Waals surface area contributed by atoms with Crippen LogP contribution in [0.3, 0.4) is 0 Å². The Labute approximate surface area is 103 Å². The largest absolute Gasteiger partial charge is 0.301 e. The lowest BCUT2D eigenvalue weighted by atomic mass is 9.92. The Bertz CT molecular complexity index is 425. The van der Waals surface area contributed by atoms with E-state index >= 15 is 0 Å². The van der Waals surface area contributed by atoms with E-state index < -0.39 is 4.32 Å². The fourth-order valence-corrected chi connectivity index (χ4v) is 2.19. The van der Waals surface area contributed by atoms with Crippen molar-refractivity contribution in [2.24, 2.45) is 0 Å². The van der Waals surface area contributed by atoms with Crippen LogP contribution in [-0.2, 0) is 9.12 Å². The van der Waals surface area contributed by atoms with Crippen molar-refractivity contribution in [3.63, 3.8) is 0 Å². The number of benzene rings is 2. The van der Waals surface area contributed by atoms with Crippen molar-refractivity contribution in [1.82, 2.24) is 0 Å². The molecule has 2 heteroatoms. The summed E-state index contributed by atoms with van der Waals surface area (Å²) >= 11 is 3.53. The molecule has 0 aromatic heterocycles. The Hall–Kier alpha value is -1.41. The molecule has 0 saturated heterocycles. The van der Waals surface area contributed by atoms with Crippen LogP contribution in [0.25, 0.3) is 0 Å². The number of rotatable bonds is 3. The Balaban J connectivity index is 2.53. The zero-order valence-corrected chi connectivity index (χ0v) is 10.2. The van der Waals surface area contributed by atoms with Crippen LogP contribution in [0.4, 0.5) is 0 Å². The maximum Gasteiger partial charge on any atom is 0.145 e. The first kappa shape index (κ1) is 11.1. The fourth-order valence-electron chi connectivity index (χ4n) is 1.66. The highest BCUT2D eigenvalue weighted by Gasteiger charge is 2.30. The monoisotopic (exact) mass is 274 g/mol. The molecule has 0 unspecified atom stereocenters. The molecule has 2 rings (SSSR count). The molecule has 0 amide bonds. The van der Waals surface area contributed by atoms with Crippen molar-refractivity contribution in [2.75, 3.05) is 0 Å². The van der Waals surface area contributed by atoms with Gasteiger partial charge in [-0.2, -0.15) is 0 Å². The van der Waals surface area contributed by atoms with Gasteiger partial charge < -0.3 is 4.79 Å². The van der Waals surface area contributed by atoms with Gasteiger partial charge in [0.2, 0.25) is 0 Å². The lowest BCUT2D eigenvalue weighted by molar-refractivity contribution is -0.109. The molecule has 0 aliphatic heterocycles. The number of carbonyl (C=O) groups is 1. The molecule has 0 bridgehead atoms. The van der Waals surface area contributed by atoms with Crippen LogP contribution >= 0.6 is 15.9 Å². The number of halogens is 1. The summed E-state index contributed by atoms with van der Waals surface area (Å²) in [4.78, 5) is 11.4. The minimum absolute atomic E-state index is 0.741. The summed E-state index contributed by atoms with van der Waals surface area (Å²) in [5, 5.41) is 0. The van der Waals surface area contributed by atoms with Gasteiger partial charge in [0, 0.05) is 0 Å². The van der Waals surface area contributed by atoms with Gasteiger partial charge in [0.05, 0.1) is 0 Å². The Kier molecular flexibility index (Phi) is 3.20. The maximum absolute atomic E-state index is 11.4. The summed E-state index contributed by atoms with van der Waals surface area (Å²) in [6.07, 6.45) is 0.928. The van der Waals surface area contributed by atoms with Crippen molar-refractivity contribution >= 4 is 22.2 Å². The summed E-state index contributed by atoms with van der Waals surface area (Å²) < 4.78 is -0.741. The van der Waals surface area contributed by atoms with Crippen LogP contribution in [0.1, 0.15) is 11.1 Å². The predicted octanol–water partition coefficient (Wildman–Crippen LogP) is 3.52. The third-order valence-electron chi connectivity index (χ3n) is 2.55. The van der Waals surface area contributed by atoms with Gasteiger partial charge >= 0.3 is 0 Å². The molecular weight excluding hydrogens is 264 g/mol. The Morgan fingerprint density at radius 2 is 1.19 bits per heavy atom. The number of hydrogen-bond acceptors (Lipinski definition) is 1. The number of alkyl halides is 1. The molecule has 0 aliphatic rings. The first-order chi connectivity index (χ1) is 7.77. The van der Waals surface area contributed by atoms with E-state index in [-0.39, 0.29) is 0 Å². The van der Waals surface area contributed by atoms with E-state index in [0.717, 1.165) is 17.4 Å². The third-order valence-corrected chi connectivity index (χ3v) is 3.65. The van der Waals surface area contributed by atoms with Crippen molar-refractivity contribution < 1.29 is 4.79 Å². The number of hydrogen-bond donors (Lipinski definition) is 0. The van der Waals surface area contributed by atoms with Gasteiger partial charge in [-0.3, -0.25) is 0 Å². The quantitative estimate of drug-likeness (QED) is 0.618. The summed E-state index contributed by atoms with van der Waals surface area (Å²) in [6.45, 7) is 0. The zero-order chi connectivity index (χ0) is 11.4. The summed E-state index contributed by atoms with van der Waals surface area (Å²) in [6, 6.07) is 19.4. The van der Waals surface area contributed by atoms with Gasteiger partial charge in [-0.15, -0.1) is 0 Å². The van der Waals surface area contributed by atoms with E-state index in [1.54, 1.807) is 0 Å². The molecule has 1 nitrogen and oxygen atoms in total. The van der Waals surface area contributed by atoms with Gasteiger partial charge in [-0.05, 0) is 11.1 Å². The third kappa shape index (κ3) is 1.93. The number of aldehydes is 1. The maximum atomic E-state index is 11.4. The van der Waals surface area contributed by atoms with Gasteiger partial charge in [-0.1, -0.05) is 76.6 Å². The van der Waals surface area contributed by atoms with Crippen molar-refractivity contribution in [3.8, 4) is 0 Å². The molecule has 0 spiro atoms. The highest BCUT2D eigenvalue weighted by Crippen LogP contribution is 2.36. The molecule has 0 fully saturated rings. The first-order valence-electron chi connectivity index (χ1n) is 5.03. The molecule has 16 heavy (non-hydrogen) atoms. The Morgan fingerprint density at radius 1 is 0.812 bits per heavy atom. The average Bonchev–Trinajstić information content (AvgIpc) is 2.40. The molecule has 2 aromatic rings. The summed E-state index contributed by atoms with van der Waals surface area (Å²) in [5.74, 6) is 0. The van der Waals surface area contributed by atoms with E-state index in [1.807, 2.05) is 60.7 Å². The molecule has 0 atom stereocenters. The van der Waals surface area contributed by atoms with E-state index in [1.165, 1.54) is 0 Å². The normalized spacial score (nSPS) is 11.1. The molecule has 0 saturated carbocycles. The van der Waals surface area contributed by atoms with Crippen molar-refractivity contribution in [3.05, 3.63) is 71.8 Å². The van der Waals surface area contributed by atoms with Crippen LogP contribution in [0.2, 0.25) is 0 Å². The summed E-state index contributed by atoms with van der Waals surface area (Å²) in [5.41, 5.74) is 1.88. The Morgan fingerprint density at radius 3 is 1.50 bits per heavy atom. The van der Waals surface area contributed by atoms with Gasteiger partial charge in [0.15, 0.2) is 0 Å². The lowest BCUT2D eigenvalue weighted by Crippen LogP contribution is -2.21. The lowest BCUT2D eigenvalue weighted by Gasteiger charge is -2.21. The first-order valence-corrected chi connectivity index (χ1v) is 5.83. The van der Waals surface area contributed by atoms with E-state index in [0.29, 0.717) is 0 Å². The minimum atomic E-state index is -0.741.